The van der Waals surface area contributed by atoms with E-state index in [1.807, 2.05) is 7.05 Å². The minimum atomic E-state index is 0.372. The summed E-state index contributed by atoms with van der Waals surface area (Å²) in [5.74, 6) is 0. The number of rotatable bonds is 5. The molecule has 2 heteroatoms. The Morgan fingerprint density at radius 3 is 2.32 bits per heavy atom. The van der Waals surface area contributed by atoms with Gasteiger partial charge in [-0.2, -0.15) is 0 Å². The molecule has 0 spiro atoms. The zero-order valence-corrected chi connectivity index (χ0v) is 12.6. The molecule has 0 radical (unpaired) electrons. The fraction of sp³-hybridized carbons (Fsp3) is 0.294. The van der Waals surface area contributed by atoms with Gasteiger partial charge in [0, 0.05) is 10.9 Å². The van der Waals surface area contributed by atoms with Gasteiger partial charge in [0.15, 0.2) is 0 Å². The highest BCUT2D eigenvalue weighted by Crippen LogP contribution is 2.22. The highest BCUT2D eigenvalue weighted by atomic mass is 32.2. The number of nitrogens with one attached hydrogen (secondary N) is 1. The van der Waals surface area contributed by atoms with Gasteiger partial charge >= 0.3 is 0 Å². The van der Waals surface area contributed by atoms with Crippen molar-refractivity contribution in [1.29, 1.82) is 0 Å². The Kier molecular flexibility index (Phi) is 5.06. The van der Waals surface area contributed by atoms with Crippen LogP contribution in [0.25, 0.3) is 0 Å². The summed E-state index contributed by atoms with van der Waals surface area (Å²) in [6.07, 6.45) is 3.14. The molecule has 0 heterocycles. The summed E-state index contributed by atoms with van der Waals surface area (Å²) < 4.78 is 0. The van der Waals surface area contributed by atoms with Gasteiger partial charge in [-0.15, -0.1) is 11.8 Å². The van der Waals surface area contributed by atoms with Crippen LogP contribution in [0.2, 0.25) is 0 Å². The third-order valence-corrected chi connectivity index (χ3v) is 4.30. The fourth-order valence-corrected chi connectivity index (χ4v) is 2.69. The van der Waals surface area contributed by atoms with Crippen LogP contribution in [0.1, 0.15) is 22.7 Å². The molecule has 0 aromatic heterocycles. The van der Waals surface area contributed by atoms with Crippen LogP contribution in [0.15, 0.2) is 53.4 Å². The SMILES string of the molecule is CNC(Cc1ccccc1C)c1ccc(SC)cc1. The van der Waals surface area contributed by atoms with Gasteiger partial charge in [0.05, 0.1) is 0 Å². The maximum atomic E-state index is 3.42. The quantitative estimate of drug-likeness (QED) is 0.817. The molecule has 0 saturated carbocycles. The molecule has 0 aliphatic carbocycles. The van der Waals surface area contributed by atoms with Gasteiger partial charge in [0.2, 0.25) is 0 Å². The molecule has 1 N–H and O–H groups in total. The molecular weight excluding hydrogens is 250 g/mol. The van der Waals surface area contributed by atoms with Crippen LogP contribution in [-0.2, 0) is 6.42 Å². The first-order valence-electron chi connectivity index (χ1n) is 6.60. The van der Waals surface area contributed by atoms with Crippen LogP contribution < -0.4 is 5.32 Å². The predicted molar refractivity (Wildman–Crippen MR) is 84.9 cm³/mol. The van der Waals surface area contributed by atoms with Crippen molar-refractivity contribution in [2.24, 2.45) is 0 Å². The van der Waals surface area contributed by atoms with Crippen molar-refractivity contribution in [2.45, 2.75) is 24.3 Å². The van der Waals surface area contributed by atoms with Crippen molar-refractivity contribution in [3.05, 3.63) is 65.2 Å². The lowest BCUT2D eigenvalue weighted by atomic mass is 9.96. The Morgan fingerprint density at radius 1 is 1.05 bits per heavy atom. The first-order valence-corrected chi connectivity index (χ1v) is 7.82. The second-order valence-corrected chi connectivity index (χ2v) is 5.62. The van der Waals surface area contributed by atoms with Gasteiger partial charge in [-0.1, -0.05) is 36.4 Å². The van der Waals surface area contributed by atoms with E-state index in [2.05, 4.69) is 67.0 Å². The second kappa shape index (κ2) is 6.78. The van der Waals surface area contributed by atoms with Crippen LogP contribution >= 0.6 is 11.8 Å². The van der Waals surface area contributed by atoms with Crippen molar-refractivity contribution in [3.8, 4) is 0 Å². The lowest BCUT2D eigenvalue weighted by Gasteiger charge is -2.18. The largest absolute Gasteiger partial charge is 0.313 e. The van der Waals surface area contributed by atoms with Crippen molar-refractivity contribution in [2.75, 3.05) is 13.3 Å². The van der Waals surface area contributed by atoms with Crippen LogP contribution in [0.5, 0.6) is 0 Å². The zero-order chi connectivity index (χ0) is 13.7. The third-order valence-electron chi connectivity index (χ3n) is 3.55. The van der Waals surface area contributed by atoms with Crippen LogP contribution in [0.4, 0.5) is 0 Å². The molecule has 1 nitrogen and oxygen atoms in total. The Hall–Kier alpha value is -1.25. The summed E-state index contributed by atoms with van der Waals surface area (Å²) in [5, 5.41) is 3.42. The van der Waals surface area contributed by atoms with E-state index in [1.54, 1.807) is 11.8 Å². The molecule has 100 valence electrons. The average Bonchev–Trinajstić information content (AvgIpc) is 2.47. The van der Waals surface area contributed by atoms with E-state index in [9.17, 15) is 0 Å². The van der Waals surface area contributed by atoms with Gasteiger partial charge in [-0.25, -0.2) is 0 Å². The summed E-state index contributed by atoms with van der Waals surface area (Å²) in [7, 11) is 2.03. The molecule has 1 unspecified atom stereocenters. The lowest BCUT2D eigenvalue weighted by Crippen LogP contribution is -2.19. The summed E-state index contributed by atoms with van der Waals surface area (Å²) in [5.41, 5.74) is 4.13. The molecule has 0 amide bonds. The van der Waals surface area contributed by atoms with Crippen LogP contribution in [0.3, 0.4) is 0 Å². The number of aryl methyl sites for hydroxylation is 1. The van der Waals surface area contributed by atoms with E-state index >= 15 is 0 Å². The van der Waals surface area contributed by atoms with E-state index < -0.39 is 0 Å². The summed E-state index contributed by atoms with van der Waals surface area (Å²) in [6, 6.07) is 17.8. The van der Waals surface area contributed by atoms with Crippen LogP contribution in [0, 0.1) is 6.92 Å². The fourth-order valence-electron chi connectivity index (χ4n) is 2.28. The number of hydrogen-bond acceptors (Lipinski definition) is 2. The average molecular weight is 271 g/mol. The zero-order valence-electron chi connectivity index (χ0n) is 11.8. The lowest BCUT2D eigenvalue weighted by molar-refractivity contribution is 0.590. The van der Waals surface area contributed by atoms with Gasteiger partial charge < -0.3 is 5.32 Å². The molecule has 0 aliphatic rings. The number of thioether (sulfide) groups is 1. The molecule has 19 heavy (non-hydrogen) atoms. The van der Waals surface area contributed by atoms with E-state index in [4.69, 9.17) is 0 Å². The monoisotopic (exact) mass is 271 g/mol. The summed E-state index contributed by atoms with van der Waals surface area (Å²) in [6.45, 7) is 2.18. The van der Waals surface area contributed by atoms with Crippen molar-refractivity contribution in [1.82, 2.24) is 5.32 Å². The van der Waals surface area contributed by atoms with Gasteiger partial charge in [0.25, 0.3) is 0 Å². The van der Waals surface area contributed by atoms with Crippen LogP contribution in [-0.4, -0.2) is 13.3 Å². The molecule has 2 aromatic carbocycles. The topological polar surface area (TPSA) is 12.0 Å². The molecule has 0 aliphatic heterocycles. The summed E-state index contributed by atoms with van der Waals surface area (Å²) >= 11 is 1.78. The standard InChI is InChI=1S/C17H21NS/c1-13-6-4-5-7-15(13)12-17(18-2)14-8-10-16(19-3)11-9-14/h4-11,17-18H,12H2,1-3H3. The Labute approximate surface area is 120 Å². The maximum absolute atomic E-state index is 3.42. The minimum absolute atomic E-state index is 0.372. The van der Waals surface area contributed by atoms with Gasteiger partial charge in [-0.05, 0) is 55.5 Å². The van der Waals surface area contributed by atoms with Gasteiger partial charge in [0.1, 0.15) is 0 Å². The highest BCUT2D eigenvalue weighted by molar-refractivity contribution is 7.98. The first-order chi connectivity index (χ1) is 9.24. The predicted octanol–water partition coefficient (Wildman–Crippen LogP) is 4.22. The Balaban J connectivity index is 2.17. The molecule has 0 fully saturated rings. The van der Waals surface area contributed by atoms with E-state index in [0.717, 1.165) is 6.42 Å². The van der Waals surface area contributed by atoms with E-state index in [0.29, 0.717) is 6.04 Å². The van der Waals surface area contributed by atoms with E-state index in [1.165, 1.54) is 21.6 Å². The van der Waals surface area contributed by atoms with E-state index in [-0.39, 0.29) is 0 Å². The first kappa shape index (κ1) is 14.2. The Bertz CT molecular complexity index is 519. The summed E-state index contributed by atoms with van der Waals surface area (Å²) in [4.78, 5) is 1.31. The maximum Gasteiger partial charge on any atom is 0.0358 e. The number of benzene rings is 2. The van der Waals surface area contributed by atoms with Crippen molar-refractivity contribution >= 4 is 11.8 Å². The molecule has 2 rings (SSSR count). The highest BCUT2D eigenvalue weighted by Gasteiger charge is 2.11. The molecule has 1 atom stereocenters. The smallest absolute Gasteiger partial charge is 0.0358 e. The van der Waals surface area contributed by atoms with Crippen molar-refractivity contribution < 1.29 is 0 Å². The molecule has 2 aromatic rings. The molecule has 0 saturated heterocycles. The van der Waals surface area contributed by atoms with Gasteiger partial charge in [-0.3, -0.25) is 0 Å². The molecular formula is C17H21NS. The molecule has 0 bridgehead atoms. The normalized spacial score (nSPS) is 12.4. The number of likely N-dealkylation sites (N-methyl/N-ethyl adjacent to an activating group) is 1. The minimum Gasteiger partial charge on any atom is -0.313 e. The number of hydrogen-bond donors (Lipinski definition) is 1. The second-order valence-electron chi connectivity index (χ2n) is 4.75. The third kappa shape index (κ3) is 3.62. The van der Waals surface area contributed by atoms with Crippen molar-refractivity contribution in [3.63, 3.8) is 0 Å². The Morgan fingerprint density at radius 2 is 1.74 bits per heavy atom.